The molecule has 0 saturated carbocycles. The molecule has 3 atom stereocenters. The standard InChI is InChI=1S/C24H36N4O5.ClH/c1-16-15-33-19-8-4-3-7-18(19)21(30)26-12-6-5-9-24(23(32)27-16)10-13-28(14-11-24)22(31)20(25)17(2)29;/h3-4,7-8,16-17,20,29H,5-6,9-15,25H2,1-2H3,(H,26,30)(H,27,32);1H/t16-,17-,20+;/m1./s1. The van der Waals surface area contributed by atoms with Gasteiger partial charge in [-0.1, -0.05) is 18.6 Å². The van der Waals surface area contributed by atoms with Crippen LogP contribution in [0.5, 0.6) is 5.75 Å². The molecule has 1 aromatic carbocycles. The normalized spacial score (nSPS) is 23.2. The quantitative estimate of drug-likeness (QED) is 0.486. The van der Waals surface area contributed by atoms with Gasteiger partial charge in [0.1, 0.15) is 18.4 Å². The van der Waals surface area contributed by atoms with Gasteiger partial charge in [0.2, 0.25) is 11.8 Å². The number of hydrogen-bond donors (Lipinski definition) is 4. The van der Waals surface area contributed by atoms with Crippen molar-refractivity contribution >= 4 is 30.1 Å². The van der Waals surface area contributed by atoms with Crippen LogP contribution in [0.4, 0.5) is 0 Å². The number of ether oxygens (including phenoxy) is 1. The van der Waals surface area contributed by atoms with Gasteiger partial charge >= 0.3 is 0 Å². The van der Waals surface area contributed by atoms with Gasteiger partial charge in [-0.2, -0.15) is 0 Å². The number of benzene rings is 1. The number of halogens is 1. The Kier molecular flexibility index (Phi) is 10.1. The van der Waals surface area contributed by atoms with Crippen molar-refractivity contribution in [3.05, 3.63) is 29.8 Å². The number of hydrogen-bond acceptors (Lipinski definition) is 6. The highest BCUT2D eigenvalue weighted by Gasteiger charge is 2.43. The lowest BCUT2D eigenvalue weighted by atomic mass is 9.73. The van der Waals surface area contributed by atoms with Gasteiger partial charge in [0.15, 0.2) is 0 Å². The van der Waals surface area contributed by atoms with Crippen LogP contribution in [-0.4, -0.2) is 72.2 Å². The van der Waals surface area contributed by atoms with Crippen molar-refractivity contribution in [2.75, 3.05) is 26.2 Å². The van der Waals surface area contributed by atoms with E-state index in [0.29, 0.717) is 50.2 Å². The minimum atomic E-state index is -0.958. The van der Waals surface area contributed by atoms with E-state index >= 15 is 0 Å². The van der Waals surface area contributed by atoms with Crippen molar-refractivity contribution in [3.8, 4) is 5.75 Å². The summed E-state index contributed by atoms with van der Waals surface area (Å²) in [6.45, 7) is 4.96. The SMILES string of the molecule is C[C@@H]1COc2ccccc2C(=O)NCCCCC2(CCN(C(=O)[C@@H](N)[C@@H](C)O)CC2)C(=O)N1.Cl. The molecule has 2 heterocycles. The first-order chi connectivity index (χ1) is 15.7. The van der Waals surface area contributed by atoms with Crippen molar-refractivity contribution < 1.29 is 24.2 Å². The van der Waals surface area contributed by atoms with Crippen LogP contribution < -0.4 is 21.1 Å². The molecule has 1 spiro atoms. The van der Waals surface area contributed by atoms with Crippen LogP contribution in [-0.2, 0) is 9.59 Å². The summed E-state index contributed by atoms with van der Waals surface area (Å²) in [6.07, 6.45) is 2.33. The predicted octanol–water partition coefficient (Wildman–Crippen LogP) is 1.22. The number of rotatable bonds is 2. The summed E-state index contributed by atoms with van der Waals surface area (Å²) in [5.41, 5.74) is 5.72. The van der Waals surface area contributed by atoms with Gasteiger partial charge in [0, 0.05) is 19.6 Å². The molecule has 0 unspecified atom stereocenters. The zero-order chi connectivity index (χ0) is 24.0. The molecular weight excluding hydrogens is 460 g/mol. The van der Waals surface area contributed by atoms with E-state index in [2.05, 4.69) is 10.6 Å². The first-order valence-corrected chi connectivity index (χ1v) is 11.8. The van der Waals surface area contributed by atoms with E-state index in [9.17, 15) is 19.5 Å². The number of piperidine rings is 1. The maximum absolute atomic E-state index is 13.4. The summed E-state index contributed by atoms with van der Waals surface area (Å²) in [5.74, 6) is 0.00340. The Morgan fingerprint density at radius 3 is 2.56 bits per heavy atom. The molecule has 2 aliphatic rings. The Hall–Kier alpha value is -2.36. The molecule has 34 heavy (non-hydrogen) atoms. The molecule has 0 radical (unpaired) electrons. The van der Waals surface area contributed by atoms with Crippen molar-refractivity contribution in [1.29, 1.82) is 0 Å². The smallest absolute Gasteiger partial charge is 0.255 e. The minimum Gasteiger partial charge on any atom is -0.491 e. The maximum atomic E-state index is 13.4. The van der Waals surface area contributed by atoms with E-state index in [-0.39, 0.29) is 42.8 Å². The lowest BCUT2D eigenvalue weighted by Crippen LogP contribution is -2.56. The lowest BCUT2D eigenvalue weighted by Gasteiger charge is -2.42. The molecule has 1 saturated heterocycles. The molecule has 5 N–H and O–H groups in total. The summed E-state index contributed by atoms with van der Waals surface area (Å²) in [5, 5.41) is 15.7. The highest BCUT2D eigenvalue weighted by Crippen LogP contribution is 2.37. The average molecular weight is 497 g/mol. The number of nitrogens with one attached hydrogen (secondary N) is 2. The molecule has 3 amide bonds. The van der Waals surface area contributed by atoms with Gasteiger partial charge in [0.05, 0.1) is 23.1 Å². The summed E-state index contributed by atoms with van der Waals surface area (Å²) < 4.78 is 5.87. The number of fused-ring (bicyclic) bond motifs is 1. The Bertz CT molecular complexity index is 858. The van der Waals surface area contributed by atoms with Crippen molar-refractivity contribution in [3.63, 3.8) is 0 Å². The third-order valence-electron chi connectivity index (χ3n) is 6.68. The van der Waals surface area contributed by atoms with E-state index in [4.69, 9.17) is 10.5 Å². The number of para-hydroxylation sites is 1. The lowest BCUT2D eigenvalue weighted by molar-refractivity contribution is -0.143. The highest BCUT2D eigenvalue weighted by molar-refractivity contribution is 5.96. The van der Waals surface area contributed by atoms with Crippen LogP contribution in [0.25, 0.3) is 0 Å². The number of aliphatic hydroxyl groups excluding tert-OH is 1. The van der Waals surface area contributed by atoms with E-state index in [0.717, 1.165) is 12.8 Å². The van der Waals surface area contributed by atoms with Gasteiger partial charge in [-0.15, -0.1) is 12.4 Å². The summed E-state index contributed by atoms with van der Waals surface area (Å²) >= 11 is 0. The number of carbonyl (C=O) groups is 3. The van der Waals surface area contributed by atoms with E-state index in [1.54, 1.807) is 23.1 Å². The highest BCUT2D eigenvalue weighted by atomic mass is 35.5. The zero-order valence-corrected chi connectivity index (χ0v) is 20.7. The van der Waals surface area contributed by atoms with Gasteiger partial charge < -0.3 is 31.1 Å². The molecule has 0 bridgehead atoms. The topological polar surface area (TPSA) is 134 Å². The van der Waals surface area contributed by atoms with Crippen molar-refractivity contribution in [2.45, 2.75) is 64.1 Å². The number of likely N-dealkylation sites (tertiary alicyclic amines) is 1. The van der Waals surface area contributed by atoms with E-state index < -0.39 is 17.6 Å². The minimum absolute atomic E-state index is 0. The monoisotopic (exact) mass is 496 g/mol. The molecule has 1 aromatic rings. The molecule has 0 aromatic heterocycles. The van der Waals surface area contributed by atoms with E-state index in [1.807, 2.05) is 13.0 Å². The fourth-order valence-corrected chi connectivity index (χ4v) is 4.46. The molecule has 3 rings (SSSR count). The van der Waals surface area contributed by atoms with E-state index in [1.165, 1.54) is 6.92 Å². The fourth-order valence-electron chi connectivity index (χ4n) is 4.46. The van der Waals surface area contributed by atoms with Gasteiger partial charge in [-0.25, -0.2) is 0 Å². The number of aliphatic hydroxyl groups is 1. The third-order valence-corrected chi connectivity index (χ3v) is 6.68. The van der Waals surface area contributed by atoms with Crippen LogP contribution in [0, 0.1) is 5.41 Å². The second kappa shape index (κ2) is 12.4. The molecule has 9 nitrogen and oxygen atoms in total. The largest absolute Gasteiger partial charge is 0.491 e. The molecule has 2 aliphatic heterocycles. The van der Waals surface area contributed by atoms with Gasteiger partial charge in [-0.3, -0.25) is 14.4 Å². The molecule has 10 heteroatoms. The predicted molar refractivity (Wildman–Crippen MR) is 131 cm³/mol. The Balaban J connectivity index is 0.00000408. The van der Waals surface area contributed by atoms with Gasteiger partial charge in [-0.05, 0) is 51.7 Å². The second-order valence-corrected chi connectivity index (χ2v) is 9.27. The second-order valence-electron chi connectivity index (χ2n) is 9.27. The first kappa shape index (κ1) is 27.9. The Morgan fingerprint density at radius 2 is 1.88 bits per heavy atom. The molecular formula is C24H37ClN4O5. The maximum Gasteiger partial charge on any atom is 0.255 e. The van der Waals surface area contributed by atoms with Crippen LogP contribution in [0.15, 0.2) is 24.3 Å². The van der Waals surface area contributed by atoms with Crippen LogP contribution in [0.1, 0.15) is 56.3 Å². The summed E-state index contributed by atoms with van der Waals surface area (Å²) in [4.78, 5) is 40.1. The van der Waals surface area contributed by atoms with Crippen LogP contribution >= 0.6 is 12.4 Å². The fraction of sp³-hybridized carbons (Fsp3) is 0.625. The van der Waals surface area contributed by atoms with Crippen LogP contribution in [0.2, 0.25) is 0 Å². The van der Waals surface area contributed by atoms with Crippen LogP contribution in [0.3, 0.4) is 0 Å². The number of amides is 3. The number of nitrogens with zero attached hydrogens (tertiary/aromatic N) is 1. The van der Waals surface area contributed by atoms with Crippen molar-refractivity contribution in [1.82, 2.24) is 15.5 Å². The summed E-state index contributed by atoms with van der Waals surface area (Å²) in [6, 6.07) is 5.88. The molecule has 1 fully saturated rings. The molecule has 190 valence electrons. The molecule has 0 aliphatic carbocycles. The average Bonchev–Trinajstić information content (AvgIpc) is 2.81. The number of carbonyl (C=O) groups excluding carboxylic acids is 3. The third kappa shape index (κ3) is 6.61. The number of nitrogens with two attached hydrogens (primary N) is 1. The Labute approximate surface area is 207 Å². The Morgan fingerprint density at radius 1 is 1.21 bits per heavy atom. The van der Waals surface area contributed by atoms with Crippen molar-refractivity contribution in [2.24, 2.45) is 11.1 Å². The van der Waals surface area contributed by atoms with Gasteiger partial charge in [0.25, 0.3) is 5.91 Å². The summed E-state index contributed by atoms with van der Waals surface area (Å²) in [7, 11) is 0. The zero-order valence-electron chi connectivity index (χ0n) is 19.9. The first-order valence-electron chi connectivity index (χ1n) is 11.8.